The second-order valence-corrected chi connectivity index (χ2v) is 4.90. The molecular formula is C15H21N3O3. The molecule has 0 saturated heterocycles. The molecule has 0 bridgehead atoms. The SMILES string of the molecule is CCc1noc(COc2cc(OC)ccc2CC(C)N)n1. The number of hydrogen-bond acceptors (Lipinski definition) is 6. The third-order valence-corrected chi connectivity index (χ3v) is 2.99. The number of nitrogens with two attached hydrogens (primary N) is 1. The standard InChI is InChI=1S/C15H21N3O3/c1-4-14-17-15(21-18-14)9-20-13-8-12(19-3)6-5-11(13)7-10(2)16/h5-6,8,10H,4,7,9,16H2,1-3H3. The van der Waals surface area contributed by atoms with Crippen LogP contribution in [0, 0.1) is 0 Å². The number of aromatic nitrogens is 2. The van der Waals surface area contributed by atoms with Gasteiger partial charge in [0.1, 0.15) is 11.5 Å². The van der Waals surface area contributed by atoms with E-state index in [0.29, 0.717) is 11.7 Å². The highest BCUT2D eigenvalue weighted by Crippen LogP contribution is 2.26. The molecule has 1 aromatic carbocycles. The average molecular weight is 291 g/mol. The third-order valence-electron chi connectivity index (χ3n) is 2.99. The number of methoxy groups -OCH3 is 1. The monoisotopic (exact) mass is 291 g/mol. The molecule has 0 fully saturated rings. The van der Waals surface area contributed by atoms with Crippen LogP contribution in [0.1, 0.15) is 31.1 Å². The van der Waals surface area contributed by atoms with E-state index < -0.39 is 0 Å². The molecular weight excluding hydrogens is 270 g/mol. The van der Waals surface area contributed by atoms with Gasteiger partial charge >= 0.3 is 0 Å². The van der Waals surface area contributed by atoms with Crippen molar-refractivity contribution in [2.24, 2.45) is 5.73 Å². The van der Waals surface area contributed by atoms with E-state index in [4.69, 9.17) is 19.7 Å². The number of rotatable bonds is 7. The minimum absolute atomic E-state index is 0.0517. The first-order valence-electron chi connectivity index (χ1n) is 6.99. The Bertz CT molecular complexity index is 581. The lowest BCUT2D eigenvalue weighted by Gasteiger charge is -2.13. The number of ether oxygens (including phenoxy) is 2. The molecule has 0 spiro atoms. The van der Waals surface area contributed by atoms with Crippen LogP contribution < -0.4 is 15.2 Å². The normalized spacial score (nSPS) is 12.2. The molecule has 0 aliphatic heterocycles. The van der Waals surface area contributed by atoms with Crippen LogP contribution in [0.4, 0.5) is 0 Å². The Labute approximate surface area is 124 Å². The van der Waals surface area contributed by atoms with Gasteiger partial charge in [-0.05, 0) is 25.0 Å². The van der Waals surface area contributed by atoms with Crippen LogP contribution >= 0.6 is 0 Å². The Morgan fingerprint density at radius 3 is 2.81 bits per heavy atom. The van der Waals surface area contributed by atoms with E-state index >= 15 is 0 Å². The molecule has 2 aromatic rings. The fraction of sp³-hybridized carbons (Fsp3) is 0.467. The van der Waals surface area contributed by atoms with Crippen molar-refractivity contribution in [2.75, 3.05) is 7.11 Å². The maximum absolute atomic E-state index is 5.86. The second kappa shape index (κ2) is 7.08. The van der Waals surface area contributed by atoms with Crippen LogP contribution in [0.5, 0.6) is 11.5 Å². The molecule has 6 nitrogen and oxygen atoms in total. The molecule has 1 atom stereocenters. The van der Waals surface area contributed by atoms with Crippen LogP contribution in [0.3, 0.4) is 0 Å². The summed E-state index contributed by atoms with van der Waals surface area (Å²) in [6.45, 7) is 4.16. The fourth-order valence-corrected chi connectivity index (χ4v) is 1.94. The van der Waals surface area contributed by atoms with Gasteiger partial charge in [0.05, 0.1) is 7.11 Å². The Morgan fingerprint density at radius 2 is 2.19 bits per heavy atom. The number of nitrogens with zero attached hydrogens (tertiary/aromatic N) is 2. The topological polar surface area (TPSA) is 83.4 Å². The second-order valence-electron chi connectivity index (χ2n) is 4.90. The minimum atomic E-state index is 0.0517. The van der Waals surface area contributed by atoms with Crippen LogP contribution in [-0.4, -0.2) is 23.3 Å². The van der Waals surface area contributed by atoms with Gasteiger partial charge in [0, 0.05) is 18.5 Å². The van der Waals surface area contributed by atoms with Crippen molar-refractivity contribution in [1.82, 2.24) is 10.1 Å². The lowest BCUT2D eigenvalue weighted by molar-refractivity contribution is 0.239. The summed E-state index contributed by atoms with van der Waals surface area (Å²) in [5, 5.41) is 3.84. The summed E-state index contributed by atoms with van der Waals surface area (Å²) in [4.78, 5) is 4.22. The molecule has 2 N–H and O–H groups in total. The molecule has 1 aromatic heterocycles. The average Bonchev–Trinajstić information content (AvgIpc) is 2.93. The van der Waals surface area contributed by atoms with E-state index in [0.717, 1.165) is 29.9 Å². The summed E-state index contributed by atoms with van der Waals surface area (Å²) in [5.41, 5.74) is 6.89. The zero-order valence-corrected chi connectivity index (χ0v) is 12.6. The maximum atomic E-state index is 5.86. The van der Waals surface area contributed by atoms with Crippen molar-refractivity contribution in [3.8, 4) is 11.5 Å². The van der Waals surface area contributed by atoms with Crippen LogP contribution in [-0.2, 0) is 19.4 Å². The van der Waals surface area contributed by atoms with Crippen LogP contribution in [0.15, 0.2) is 22.7 Å². The molecule has 0 aliphatic rings. The Morgan fingerprint density at radius 1 is 1.38 bits per heavy atom. The zero-order valence-electron chi connectivity index (χ0n) is 12.6. The number of hydrogen-bond donors (Lipinski definition) is 1. The van der Waals surface area contributed by atoms with Crippen LogP contribution in [0.25, 0.3) is 0 Å². The molecule has 1 heterocycles. The van der Waals surface area contributed by atoms with E-state index in [1.165, 1.54) is 0 Å². The van der Waals surface area contributed by atoms with Crippen LogP contribution in [0.2, 0.25) is 0 Å². The molecule has 2 rings (SSSR count). The summed E-state index contributed by atoms with van der Waals surface area (Å²) >= 11 is 0. The molecule has 21 heavy (non-hydrogen) atoms. The Kier molecular flexibility index (Phi) is 5.16. The maximum Gasteiger partial charge on any atom is 0.264 e. The first-order valence-corrected chi connectivity index (χ1v) is 6.99. The van der Waals surface area contributed by atoms with Gasteiger partial charge in [-0.1, -0.05) is 18.1 Å². The predicted octanol–water partition coefficient (Wildman–Crippen LogP) is 2.11. The fourth-order valence-electron chi connectivity index (χ4n) is 1.94. The summed E-state index contributed by atoms with van der Waals surface area (Å²) in [6.07, 6.45) is 1.46. The Balaban J connectivity index is 2.12. The number of benzene rings is 1. The van der Waals surface area contributed by atoms with Gasteiger partial charge in [-0.25, -0.2) is 0 Å². The van der Waals surface area contributed by atoms with Gasteiger partial charge in [0.25, 0.3) is 5.89 Å². The molecule has 1 unspecified atom stereocenters. The number of aryl methyl sites for hydroxylation is 1. The summed E-state index contributed by atoms with van der Waals surface area (Å²) in [6, 6.07) is 5.75. The highest BCUT2D eigenvalue weighted by molar-refractivity contribution is 5.41. The van der Waals surface area contributed by atoms with Crippen molar-refractivity contribution < 1.29 is 14.0 Å². The molecule has 0 saturated carbocycles. The predicted molar refractivity (Wildman–Crippen MR) is 78.4 cm³/mol. The highest BCUT2D eigenvalue weighted by atomic mass is 16.5. The van der Waals surface area contributed by atoms with E-state index in [1.807, 2.05) is 32.0 Å². The van der Waals surface area contributed by atoms with Gasteiger partial charge in [-0.3, -0.25) is 0 Å². The lowest BCUT2D eigenvalue weighted by atomic mass is 10.1. The molecule has 6 heteroatoms. The largest absolute Gasteiger partial charge is 0.497 e. The molecule has 0 aliphatic carbocycles. The quantitative estimate of drug-likeness (QED) is 0.841. The molecule has 114 valence electrons. The van der Waals surface area contributed by atoms with E-state index in [-0.39, 0.29) is 12.6 Å². The van der Waals surface area contributed by atoms with Gasteiger partial charge in [0.15, 0.2) is 12.4 Å². The van der Waals surface area contributed by atoms with Crippen molar-refractivity contribution in [3.05, 3.63) is 35.5 Å². The molecule has 0 radical (unpaired) electrons. The smallest absolute Gasteiger partial charge is 0.264 e. The Hall–Kier alpha value is -2.08. The van der Waals surface area contributed by atoms with E-state index in [9.17, 15) is 0 Å². The van der Waals surface area contributed by atoms with Crippen molar-refractivity contribution in [1.29, 1.82) is 0 Å². The van der Waals surface area contributed by atoms with Crippen molar-refractivity contribution in [3.63, 3.8) is 0 Å². The highest BCUT2D eigenvalue weighted by Gasteiger charge is 2.11. The molecule has 0 amide bonds. The van der Waals surface area contributed by atoms with Crippen molar-refractivity contribution >= 4 is 0 Å². The van der Waals surface area contributed by atoms with Gasteiger partial charge in [-0.15, -0.1) is 0 Å². The van der Waals surface area contributed by atoms with Gasteiger partial charge < -0.3 is 19.7 Å². The van der Waals surface area contributed by atoms with Crippen molar-refractivity contribution in [2.45, 2.75) is 39.3 Å². The van der Waals surface area contributed by atoms with Gasteiger partial charge in [-0.2, -0.15) is 4.98 Å². The minimum Gasteiger partial charge on any atom is -0.497 e. The van der Waals surface area contributed by atoms with Gasteiger partial charge in [0.2, 0.25) is 0 Å². The zero-order chi connectivity index (χ0) is 15.2. The summed E-state index contributed by atoms with van der Waals surface area (Å²) in [7, 11) is 1.62. The first-order chi connectivity index (χ1) is 10.1. The summed E-state index contributed by atoms with van der Waals surface area (Å²) < 4.78 is 16.1. The summed E-state index contributed by atoms with van der Waals surface area (Å²) in [5.74, 6) is 2.59. The first kappa shape index (κ1) is 15.3. The van der Waals surface area contributed by atoms with E-state index in [2.05, 4.69) is 10.1 Å². The lowest BCUT2D eigenvalue weighted by Crippen LogP contribution is -2.18. The van der Waals surface area contributed by atoms with E-state index in [1.54, 1.807) is 7.11 Å². The third kappa shape index (κ3) is 4.19.